The first-order valence-corrected chi connectivity index (χ1v) is 6.09. The zero-order valence-corrected chi connectivity index (χ0v) is 9.18. The van der Waals surface area contributed by atoms with E-state index >= 15 is 0 Å². The van der Waals surface area contributed by atoms with Gasteiger partial charge in [-0.05, 0) is 24.3 Å². The third-order valence-electron chi connectivity index (χ3n) is 2.84. The van der Waals surface area contributed by atoms with Gasteiger partial charge in [-0.3, -0.25) is 5.10 Å². The lowest BCUT2D eigenvalue weighted by molar-refractivity contribution is 0.938. The van der Waals surface area contributed by atoms with Crippen LogP contribution >= 0.6 is 11.3 Å². The molecule has 3 rings (SSSR count). The Morgan fingerprint density at radius 3 is 3.00 bits per heavy atom. The van der Waals surface area contributed by atoms with Crippen LogP contribution in [-0.4, -0.2) is 10.2 Å². The van der Waals surface area contributed by atoms with Crippen LogP contribution in [0, 0.1) is 0 Å². The molecule has 0 aromatic carbocycles. The highest BCUT2D eigenvalue weighted by molar-refractivity contribution is 7.13. The van der Waals surface area contributed by atoms with Gasteiger partial charge in [-0.25, -0.2) is 0 Å². The molecular weight excluding hydrogens is 206 g/mol. The zero-order chi connectivity index (χ0) is 10.3. The van der Waals surface area contributed by atoms with Gasteiger partial charge in [0, 0.05) is 23.7 Å². The van der Waals surface area contributed by atoms with Gasteiger partial charge in [0.2, 0.25) is 0 Å². The third kappa shape index (κ3) is 1.50. The number of H-pyrrole nitrogens is 1. The maximum Gasteiger partial charge on any atom is 0.107 e. The summed E-state index contributed by atoms with van der Waals surface area (Å²) in [5.41, 5.74) is 9.34. The molecule has 0 aliphatic heterocycles. The normalized spacial score (nSPS) is 15.8. The number of nitrogens with zero attached hydrogens (tertiary/aromatic N) is 1. The molecule has 2 aromatic heterocycles. The molecule has 1 fully saturated rings. The first-order chi connectivity index (χ1) is 7.40. The Hall–Kier alpha value is -1.13. The van der Waals surface area contributed by atoms with Crippen molar-refractivity contribution in [2.75, 3.05) is 0 Å². The Balaban J connectivity index is 2.07. The molecule has 3 N–H and O–H groups in total. The Kier molecular flexibility index (Phi) is 2.11. The first kappa shape index (κ1) is 9.12. The van der Waals surface area contributed by atoms with Crippen LogP contribution in [0.4, 0.5) is 0 Å². The van der Waals surface area contributed by atoms with Crippen molar-refractivity contribution in [2.24, 2.45) is 5.73 Å². The molecule has 0 radical (unpaired) electrons. The average molecular weight is 219 g/mol. The summed E-state index contributed by atoms with van der Waals surface area (Å²) >= 11 is 1.71. The summed E-state index contributed by atoms with van der Waals surface area (Å²) in [6.07, 6.45) is 2.55. The van der Waals surface area contributed by atoms with E-state index in [1.807, 2.05) is 6.07 Å². The summed E-state index contributed by atoms with van der Waals surface area (Å²) in [4.78, 5) is 1.21. The topological polar surface area (TPSA) is 54.7 Å². The largest absolute Gasteiger partial charge is 0.326 e. The van der Waals surface area contributed by atoms with Crippen molar-refractivity contribution < 1.29 is 0 Å². The number of nitrogens with two attached hydrogens (primary N) is 1. The SMILES string of the molecule is NCc1c(-c2cccs2)n[nH]c1C1CC1. The predicted octanol–water partition coefficient (Wildman–Crippen LogP) is 2.47. The summed E-state index contributed by atoms with van der Waals surface area (Å²) in [7, 11) is 0. The molecule has 1 aliphatic rings. The van der Waals surface area contributed by atoms with Crippen LogP contribution in [0.5, 0.6) is 0 Å². The van der Waals surface area contributed by atoms with Crippen LogP contribution in [0.25, 0.3) is 10.6 Å². The number of aromatic nitrogens is 2. The van der Waals surface area contributed by atoms with Gasteiger partial charge in [0.1, 0.15) is 5.69 Å². The highest BCUT2D eigenvalue weighted by Crippen LogP contribution is 2.42. The fraction of sp³-hybridized carbons (Fsp3) is 0.364. The van der Waals surface area contributed by atoms with Gasteiger partial charge < -0.3 is 5.73 Å². The van der Waals surface area contributed by atoms with E-state index in [0.717, 1.165) is 5.69 Å². The average Bonchev–Trinajstić information content (AvgIpc) is 2.83. The molecular formula is C11H13N3S. The number of aromatic amines is 1. The van der Waals surface area contributed by atoms with Crippen molar-refractivity contribution in [3.63, 3.8) is 0 Å². The van der Waals surface area contributed by atoms with Gasteiger partial charge in [0.05, 0.1) is 4.88 Å². The quantitative estimate of drug-likeness (QED) is 0.833. The van der Waals surface area contributed by atoms with E-state index in [-0.39, 0.29) is 0 Å². The van der Waals surface area contributed by atoms with Crippen LogP contribution in [0.1, 0.15) is 30.0 Å². The molecule has 1 aliphatic carbocycles. The van der Waals surface area contributed by atoms with Gasteiger partial charge in [0.15, 0.2) is 0 Å². The summed E-state index contributed by atoms with van der Waals surface area (Å²) in [5, 5.41) is 9.62. The molecule has 0 bridgehead atoms. The third-order valence-corrected chi connectivity index (χ3v) is 3.72. The van der Waals surface area contributed by atoms with Crippen molar-refractivity contribution in [3.8, 4) is 10.6 Å². The van der Waals surface area contributed by atoms with Crippen molar-refractivity contribution >= 4 is 11.3 Å². The highest BCUT2D eigenvalue weighted by Gasteiger charge is 2.29. The maximum atomic E-state index is 5.81. The van der Waals surface area contributed by atoms with Gasteiger partial charge in [-0.2, -0.15) is 5.10 Å². The van der Waals surface area contributed by atoms with E-state index in [1.165, 1.54) is 29.0 Å². The number of thiophene rings is 1. The molecule has 3 nitrogen and oxygen atoms in total. The number of hydrogen-bond donors (Lipinski definition) is 2. The standard InChI is InChI=1S/C11H13N3S/c12-6-8-10(7-3-4-7)13-14-11(8)9-2-1-5-15-9/h1-2,5,7H,3-4,6,12H2,(H,13,14). The second kappa shape index (κ2) is 3.47. The lowest BCUT2D eigenvalue weighted by Gasteiger charge is -1.99. The number of rotatable bonds is 3. The molecule has 2 heterocycles. The summed E-state index contributed by atoms with van der Waals surface area (Å²) in [5.74, 6) is 0.685. The van der Waals surface area contributed by atoms with E-state index in [1.54, 1.807) is 11.3 Å². The Bertz CT molecular complexity index is 454. The van der Waals surface area contributed by atoms with E-state index < -0.39 is 0 Å². The van der Waals surface area contributed by atoms with Crippen LogP contribution in [0.15, 0.2) is 17.5 Å². The van der Waals surface area contributed by atoms with E-state index in [2.05, 4.69) is 21.6 Å². The maximum absolute atomic E-state index is 5.81. The fourth-order valence-corrected chi connectivity index (χ4v) is 2.65. The lowest BCUT2D eigenvalue weighted by Crippen LogP contribution is -1.99. The van der Waals surface area contributed by atoms with E-state index in [0.29, 0.717) is 12.5 Å². The van der Waals surface area contributed by atoms with E-state index in [4.69, 9.17) is 5.73 Å². The van der Waals surface area contributed by atoms with Gasteiger partial charge in [0.25, 0.3) is 0 Å². The monoisotopic (exact) mass is 219 g/mol. The van der Waals surface area contributed by atoms with Gasteiger partial charge >= 0.3 is 0 Å². The van der Waals surface area contributed by atoms with Crippen molar-refractivity contribution in [1.82, 2.24) is 10.2 Å². The minimum absolute atomic E-state index is 0.579. The summed E-state index contributed by atoms with van der Waals surface area (Å²) in [6, 6.07) is 4.14. The minimum atomic E-state index is 0.579. The Labute approximate surface area is 92.3 Å². The number of nitrogens with one attached hydrogen (secondary N) is 1. The van der Waals surface area contributed by atoms with Gasteiger partial charge in [-0.15, -0.1) is 11.3 Å². The molecule has 0 amide bonds. The van der Waals surface area contributed by atoms with Crippen LogP contribution in [0.2, 0.25) is 0 Å². The first-order valence-electron chi connectivity index (χ1n) is 5.21. The lowest BCUT2D eigenvalue weighted by atomic mass is 10.1. The van der Waals surface area contributed by atoms with Crippen molar-refractivity contribution in [3.05, 3.63) is 28.8 Å². The molecule has 4 heteroatoms. The summed E-state index contributed by atoms with van der Waals surface area (Å²) in [6.45, 7) is 0.579. The van der Waals surface area contributed by atoms with Crippen LogP contribution in [0.3, 0.4) is 0 Å². The Morgan fingerprint density at radius 1 is 1.53 bits per heavy atom. The van der Waals surface area contributed by atoms with Crippen LogP contribution < -0.4 is 5.73 Å². The highest BCUT2D eigenvalue weighted by atomic mass is 32.1. The Morgan fingerprint density at radius 2 is 2.40 bits per heavy atom. The van der Waals surface area contributed by atoms with Crippen LogP contribution in [-0.2, 0) is 6.54 Å². The predicted molar refractivity (Wildman–Crippen MR) is 61.8 cm³/mol. The molecule has 2 aromatic rings. The fourth-order valence-electron chi connectivity index (χ4n) is 1.91. The molecule has 0 unspecified atom stereocenters. The second-order valence-corrected chi connectivity index (χ2v) is 4.87. The smallest absolute Gasteiger partial charge is 0.107 e. The molecule has 0 saturated heterocycles. The van der Waals surface area contributed by atoms with Crippen molar-refractivity contribution in [2.45, 2.75) is 25.3 Å². The minimum Gasteiger partial charge on any atom is -0.326 e. The van der Waals surface area contributed by atoms with E-state index in [9.17, 15) is 0 Å². The molecule has 78 valence electrons. The number of hydrogen-bond acceptors (Lipinski definition) is 3. The van der Waals surface area contributed by atoms with Crippen molar-refractivity contribution in [1.29, 1.82) is 0 Å². The zero-order valence-electron chi connectivity index (χ0n) is 8.36. The second-order valence-electron chi connectivity index (χ2n) is 3.92. The van der Waals surface area contributed by atoms with Gasteiger partial charge in [-0.1, -0.05) is 6.07 Å². The molecule has 1 saturated carbocycles. The summed E-state index contributed by atoms with van der Waals surface area (Å²) < 4.78 is 0. The molecule has 0 atom stereocenters. The molecule has 15 heavy (non-hydrogen) atoms. The molecule has 0 spiro atoms.